The molecule has 16 heavy (non-hydrogen) atoms. The first-order valence-corrected chi connectivity index (χ1v) is 6.47. The van der Waals surface area contributed by atoms with E-state index in [1.54, 1.807) is 6.07 Å². The lowest BCUT2D eigenvalue weighted by Gasteiger charge is -2.33. The topological polar surface area (TPSA) is 16.1 Å². The minimum atomic E-state index is 0.459. The third-order valence-electron chi connectivity index (χ3n) is 3.21. The van der Waals surface area contributed by atoms with Gasteiger partial charge in [0, 0.05) is 18.2 Å². The largest absolute Gasteiger partial charge is 0.296 e. The minimum absolute atomic E-state index is 0.459. The molecule has 0 aromatic carbocycles. The van der Waals surface area contributed by atoms with Crippen LogP contribution in [-0.4, -0.2) is 22.5 Å². The van der Waals surface area contributed by atoms with Gasteiger partial charge in [-0.15, -0.1) is 0 Å². The number of pyridine rings is 1. The molecular formula is C12H16Cl2N2. The second-order valence-corrected chi connectivity index (χ2v) is 5.14. The van der Waals surface area contributed by atoms with Gasteiger partial charge >= 0.3 is 0 Å². The summed E-state index contributed by atoms with van der Waals surface area (Å²) in [6.07, 6.45) is 3.89. The Hall–Kier alpha value is -0.310. The van der Waals surface area contributed by atoms with Crippen molar-refractivity contribution in [3.05, 3.63) is 28.0 Å². The molecule has 1 aliphatic heterocycles. The van der Waals surface area contributed by atoms with Gasteiger partial charge in [0.15, 0.2) is 0 Å². The molecule has 0 spiro atoms. The first kappa shape index (κ1) is 12.2. The SMILES string of the molecule is CC1CCCCN1Cc1ccc(Cl)nc1Cl. The van der Waals surface area contributed by atoms with Crippen LogP contribution in [0.2, 0.25) is 10.3 Å². The zero-order chi connectivity index (χ0) is 11.5. The summed E-state index contributed by atoms with van der Waals surface area (Å²) in [6, 6.07) is 4.41. The molecule has 1 unspecified atom stereocenters. The van der Waals surface area contributed by atoms with Crippen LogP contribution in [0.1, 0.15) is 31.7 Å². The molecule has 2 rings (SSSR count). The molecule has 1 aliphatic rings. The average Bonchev–Trinajstić information content (AvgIpc) is 2.25. The van der Waals surface area contributed by atoms with Gasteiger partial charge in [-0.05, 0) is 32.4 Å². The second kappa shape index (κ2) is 5.35. The van der Waals surface area contributed by atoms with Crippen molar-refractivity contribution in [2.45, 2.75) is 38.8 Å². The normalized spacial score (nSPS) is 22.3. The predicted molar refractivity (Wildman–Crippen MR) is 68.0 cm³/mol. The third-order valence-corrected chi connectivity index (χ3v) is 3.74. The summed E-state index contributed by atoms with van der Waals surface area (Å²) in [6.45, 7) is 4.31. The van der Waals surface area contributed by atoms with Crippen molar-refractivity contribution >= 4 is 23.2 Å². The molecule has 0 aliphatic carbocycles. The van der Waals surface area contributed by atoms with Gasteiger partial charge < -0.3 is 0 Å². The van der Waals surface area contributed by atoms with Crippen molar-refractivity contribution in [2.75, 3.05) is 6.54 Å². The number of halogens is 2. The summed E-state index contributed by atoms with van der Waals surface area (Å²) < 4.78 is 0. The van der Waals surface area contributed by atoms with E-state index in [4.69, 9.17) is 23.2 Å². The van der Waals surface area contributed by atoms with Gasteiger partial charge in [0.2, 0.25) is 0 Å². The molecule has 2 nitrogen and oxygen atoms in total. The van der Waals surface area contributed by atoms with Crippen molar-refractivity contribution in [1.82, 2.24) is 9.88 Å². The molecule has 1 fully saturated rings. The lowest BCUT2D eigenvalue weighted by molar-refractivity contribution is 0.152. The number of piperidine rings is 1. The van der Waals surface area contributed by atoms with Crippen LogP contribution in [0.25, 0.3) is 0 Å². The van der Waals surface area contributed by atoms with Crippen LogP contribution in [0, 0.1) is 0 Å². The highest BCUT2D eigenvalue weighted by Crippen LogP contribution is 2.23. The molecule has 0 N–H and O–H groups in total. The van der Waals surface area contributed by atoms with Crippen LogP contribution in [0.5, 0.6) is 0 Å². The number of hydrogen-bond donors (Lipinski definition) is 0. The quantitative estimate of drug-likeness (QED) is 0.752. The van der Waals surface area contributed by atoms with Crippen molar-refractivity contribution in [1.29, 1.82) is 0 Å². The Morgan fingerprint density at radius 2 is 2.19 bits per heavy atom. The highest BCUT2D eigenvalue weighted by molar-refractivity contribution is 6.32. The molecule has 2 heterocycles. The van der Waals surface area contributed by atoms with Gasteiger partial charge in [0.1, 0.15) is 10.3 Å². The third kappa shape index (κ3) is 2.88. The van der Waals surface area contributed by atoms with Crippen LogP contribution >= 0.6 is 23.2 Å². The molecule has 0 amide bonds. The van der Waals surface area contributed by atoms with E-state index in [1.807, 2.05) is 6.07 Å². The van der Waals surface area contributed by atoms with Gasteiger partial charge in [0.25, 0.3) is 0 Å². The molecule has 1 aromatic rings. The molecule has 1 aromatic heterocycles. The lowest BCUT2D eigenvalue weighted by atomic mass is 10.0. The van der Waals surface area contributed by atoms with Gasteiger partial charge in [-0.2, -0.15) is 0 Å². The Labute approximate surface area is 107 Å². The summed E-state index contributed by atoms with van der Waals surface area (Å²) in [4.78, 5) is 6.53. The number of likely N-dealkylation sites (tertiary alicyclic amines) is 1. The summed E-state index contributed by atoms with van der Waals surface area (Å²) in [5.41, 5.74) is 1.07. The standard InChI is InChI=1S/C12H16Cl2N2/c1-9-4-2-3-7-16(9)8-10-5-6-11(13)15-12(10)14/h5-6,9H,2-4,7-8H2,1H3. The first-order valence-electron chi connectivity index (χ1n) is 5.72. The van der Waals surface area contributed by atoms with Crippen LogP contribution in [0.3, 0.4) is 0 Å². The maximum Gasteiger partial charge on any atom is 0.135 e. The van der Waals surface area contributed by atoms with Crippen molar-refractivity contribution in [2.24, 2.45) is 0 Å². The van der Waals surface area contributed by atoms with Gasteiger partial charge in [-0.25, -0.2) is 4.98 Å². The molecule has 1 atom stereocenters. The average molecular weight is 259 g/mol. The van der Waals surface area contributed by atoms with E-state index in [0.717, 1.165) is 18.7 Å². The van der Waals surface area contributed by atoms with E-state index in [0.29, 0.717) is 16.3 Å². The van der Waals surface area contributed by atoms with Gasteiger partial charge in [-0.3, -0.25) is 4.90 Å². The molecule has 0 bridgehead atoms. The Morgan fingerprint density at radius 3 is 2.88 bits per heavy atom. The number of rotatable bonds is 2. The number of hydrogen-bond acceptors (Lipinski definition) is 2. The fourth-order valence-corrected chi connectivity index (χ4v) is 2.57. The van der Waals surface area contributed by atoms with E-state index in [9.17, 15) is 0 Å². The highest BCUT2D eigenvalue weighted by atomic mass is 35.5. The van der Waals surface area contributed by atoms with Crippen LogP contribution in [-0.2, 0) is 6.54 Å². The van der Waals surface area contributed by atoms with E-state index < -0.39 is 0 Å². The summed E-state index contributed by atoms with van der Waals surface area (Å²) in [5, 5.41) is 0.991. The monoisotopic (exact) mass is 258 g/mol. The van der Waals surface area contributed by atoms with E-state index >= 15 is 0 Å². The number of nitrogens with zero attached hydrogens (tertiary/aromatic N) is 2. The Morgan fingerprint density at radius 1 is 1.38 bits per heavy atom. The van der Waals surface area contributed by atoms with E-state index in [-0.39, 0.29) is 0 Å². The molecular weight excluding hydrogens is 243 g/mol. The van der Waals surface area contributed by atoms with Crippen molar-refractivity contribution in [3.63, 3.8) is 0 Å². The Kier molecular flexibility index (Phi) is 4.06. The molecule has 88 valence electrons. The van der Waals surface area contributed by atoms with Crippen LogP contribution in [0.4, 0.5) is 0 Å². The summed E-state index contributed by atoms with van der Waals surface area (Å²) >= 11 is 11.9. The fourth-order valence-electron chi connectivity index (χ4n) is 2.17. The maximum absolute atomic E-state index is 6.07. The Bertz CT molecular complexity index is 368. The van der Waals surface area contributed by atoms with Gasteiger partial charge in [-0.1, -0.05) is 35.7 Å². The maximum atomic E-state index is 6.07. The summed E-state index contributed by atoms with van der Waals surface area (Å²) in [7, 11) is 0. The molecule has 0 saturated carbocycles. The van der Waals surface area contributed by atoms with Crippen molar-refractivity contribution in [3.8, 4) is 0 Å². The van der Waals surface area contributed by atoms with E-state index in [1.165, 1.54) is 19.3 Å². The number of aromatic nitrogens is 1. The zero-order valence-corrected chi connectivity index (χ0v) is 10.9. The van der Waals surface area contributed by atoms with Gasteiger partial charge in [0.05, 0.1) is 0 Å². The second-order valence-electron chi connectivity index (χ2n) is 4.40. The minimum Gasteiger partial charge on any atom is -0.296 e. The van der Waals surface area contributed by atoms with E-state index in [2.05, 4.69) is 16.8 Å². The smallest absolute Gasteiger partial charge is 0.135 e. The van der Waals surface area contributed by atoms with Crippen LogP contribution in [0.15, 0.2) is 12.1 Å². The fraction of sp³-hybridized carbons (Fsp3) is 0.583. The zero-order valence-electron chi connectivity index (χ0n) is 9.42. The van der Waals surface area contributed by atoms with Crippen LogP contribution < -0.4 is 0 Å². The lowest BCUT2D eigenvalue weighted by Crippen LogP contribution is -2.36. The molecule has 0 radical (unpaired) electrons. The summed E-state index contributed by atoms with van der Waals surface area (Å²) in [5.74, 6) is 0. The Balaban J connectivity index is 2.07. The predicted octanol–water partition coefficient (Wildman–Crippen LogP) is 3.76. The first-order chi connectivity index (χ1) is 7.66. The van der Waals surface area contributed by atoms with Crippen molar-refractivity contribution < 1.29 is 0 Å². The highest BCUT2D eigenvalue weighted by Gasteiger charge is 2.19. The molecule has 4 heteroatoms. The molecule has 1 saturated heterocycles.